The summed E-state index contributed by atoms with van der Waals surface area (Å²) >= 11 is 3.05. The van der Waals surface area contributed by atoms with Crippen molar-refractivity contribution in [3.05, 3.63) is 16.5 Å². The van der Waals surface area contributed by atoms with E-state index < -0.39 is 10.0 Å². The van der Waals surface area contributed by atoms with Crippen LogP contribution in [0.15, 0.2) is 20.0 Å². The quantitative estimate of drug-likeness (QED) is 0.830. The topological polar surface area (TPSA) is 79.5 Å². The molecule has 1 fully saturated rings. The number of hydrogen-bond donors (Lipinski definition) is 2. The molecule has 0 spiro atoms. The Kier molecular flexibility index (Phi) is 4.15. The van der Waals surface area contributed by atoms with Gasteiger partial charge in [-0.1, -0.05) is 6.92 Å². The van der Waals surface area contributed by atoms with Gasteiger partial charge in [-0.2, -0.15) is 0 Å². The maximum absolute atomic E-state index is 12.0. The van der Waals surface area contributed by atoms with Gasteiger partial charge in [-0.25, -0.2) is 13.1 Å². The van der Waals surface area contributed by atoms with Crippen LogP contribution in [0.2, 0.25) is 0 Å². The molecule has 102 valence electrons. The van der Waals surface area contributed by atoms with E-state index in [1.54, 1.807) is 0 Å². The third-order valence-electron chi connectivity index (χ3n) is 3.17. The molecule has 1 unspecified atom stereocenters. The first kappa shape index (κ1) is 14.0. The highest BCUT2D eigenvalue weighted by atomic mass is 79.9. The summed E-state index contributed by atoms with van der Waals surface area (Å²) < 4.78 is 31.9. The van der Waals surface area contributed by atoms with E-state index >= 15 is 0 Å². The second-order valence-corrected chi connectivity index (χ2v) is 7.13. The van der Waals surface area contributed by atoms with Crippen molar-refractivity contribution < 1.29 is 17.9 Å². The van der Waals surface area contributed by atoms with Crippen LogP contribution in [-0.2, 0) is 16.6 Å². The van der Waals surface area contributed by atoms with Crippen LogP contribution < -0.4 is 4.72 Å². The minimum atomic E-state index is -3.58. The highest BCUT2D eigenvalue weighted by molar-refractivity contribution is 9.10. The fourth-order valence-corrected chi connectivity index (χ4v) is 3.95. The van der Waals surface area contributed by atoms with E-state index in [2.05, 4.69) is 20.7 Å². The molecule has 0 amide bonds. The lowest BCUT2D eigenvalue weighted by Crippen LogP contribution is -2.29. The highest BCUT2D eigenvalue weighted by Crippen LogP contribution is 2.36. The molecule has 1 aliphatic rings. The van der Waals surface area contributed by atoms with E-state index in [9.17, 15) is 8.42 Å². The molecule has 1 heterocycles. The summed E-state index contributed by atoms with van der Waals surface area (Å²) in [7, 11) is -3.58. The van der Waals surface area contributed by atoms with E-state index in [0.717, 1.165) is 0 Å². The third-order valence-corrected chi connectivity index (χ3v) is 5.45. The highest BCUT2D eigenvalue weighted by Gasteiger charge is 2.29. The Bertz CT molecular complexity index is 521. The number of hydrogen-bond acceptors (Lipinski definition) is 4. The maximum atomic E-state index is 12.0. The largest absolute Gasteiger partial charge is 0.450 e. The molecule has 1 aromatic rings. The van der Waals surface area contributed by atoms with E-state index in [1.807, 2.05) is 6.92 Å². The normalized spacial score (nSPS) is 17.9. The fourth-order valence-electron chi connectivity index (χ4n) is 1.81. The summed E-state index contributed by atoms with van der Waals surface area (Å²) in [4.78, 5) is 0.0366. The van der Waals surface area contributed by atoms with Gasteiger partial charge in [0.2, 0.25) is 10.0 Å². The molecule has 2 rings (SSSR count). The third kappa shape index (κ3) is 3.14. The van der Waals surface area contributed by atoms with Crippen LogP contribution in [0.3, 0.4) is 0 Å². The molecule has 0 radical (unpaired) electrons. The van der Waals surface area contributed by atoms with E-state index in [4.69, 9.17) is 9.52 Å². The molecule has 1 saturated carbocycles. The standard InChI is InChI=1S/C11H16BrNO4S/c1-7(8-2-3-8)5-13-18(15,16)10-4-9(6-14)17-11(10)12/h4,7-8,13-14H,2-3,5-6H2,1H3. The number of aliphatic hydroxyl groups is 1. The van der Waals surface area contributed by atoms with Gasteiger partial charge in [-0.3, -0.25) is 0 Å². The monoisotopic (exact) mass is 337 g/mol. The van der Waals surface area contributed by atoms with Crippen molar-refractivity contribution in [3.63, 3.8) is 0 Å². The van der Waals surface area contributed by atoms with Gasteiger partial charge >= 0.3 is 0 Å². The molecule has 1 atom stereocenters. The van der Waals surface area contributed by atoms with Gasteiger partial charge in [0.05, 0.1) is 0 Å². The van der Waals surface area contributed by atoms with Crippen molar-refractivity contribution in [1.82, 2.24) is 4.72 Å². The van der Waals surface area contributed by atoms with Gasteiger partial charge in [0, 0.05) is 12.6 Å². The summed E-state index contributed by atoms with van der Waals surface area (Å²) in [6, 6.07) is 1.33. The Morgan fingerprint density at radius 3 is 2.78 bits per heavy atom. The van der Waals surface area contributed by atoms with Gasteiger partial charge < -0.3 is 9.52 Å². The van der Waals surface area contributed by atoms with E-state index in [0.29, 0.717) is 18.4 Å². The minimum absolute atomic E-state index is 0.0366. The summed E-state index contributed by atoms with van der Waals surface area (Å²) in [5.41, 5.74) is 0. The smallest absolute Gasteiger partial charge is 0.244 e. The molecule has 2 N–H and O–H groups in total. The molecule has 0 aromatic carbocycles. The van der Waals surface area contributed by atoms with Crippen LogP contribution in [0.25, 0.3) is 0 Å². The molecule has 0 bridgehead atoms. The van der Waals surface area contributed by atoms with Gasteiger partial charge in [0.25, 0.3) is 0 Å². The maximum Gasteiger partial charge on any atom is 0.244 e. The van der Waals surface area contributed by atoms with Crippen molar-refractivity contribution in [2.75, 3.05) is 6.54 Å². The summed E-state index contributed by atoms with van der Waals surface area (Å²) in [5, 5.41) is 8.91. The Morgan fingerprint density at radius 1 is 1.61 bits per heavy atom. The fraction of sp³-hybridized carbons (Fsp3) is 0.636. The van der Waals surface area contributed by atoms with Crippen LogP contribution in [0.5, 0.6) is 0 Å². The number of furan rings is 1. The number of sulfonamides is 1. The molecule has 0 saturated heterocycles. The van der Waals surface area contributed by atoms with Crippen molar-refractivity contribution in [2.45, 2.75) is 31.3 Å². The molecule has 1 aliphatic carbocycles. The Labute approximate surface area is 115 Å². The summed E-state index contributed by atoms with van der Waals surface area (Å²) in [6.07, 6.45) is 2.37. The van der Waals surface area contributed by atoms with Gasteiger partial charge in [0.15, 0.2) is 4.67 Å². The Morgan fingerprint density at radius 2 is 2.28 bits per heavy atom. The van der Waals surface area contributed by atoms with Crippen LogP contribution in [-0.4, -0.2) is 20.1 Å². The van der Waals surface area contributed by atoms with Crippen molar-refractivity contribution in [1.29, 1.82) is 0 Å². The second-order valence-electron chi connectivity index (χ2n) is 4.68. The number of halogens is 1. The average molecular weight is 338 g/mol. The summed E-state index contributed by atoms with van der Waals surface area (Å²) in [6.45, 7) is 2.15. The first-order valence-electron chi connectivity index (χ1n) is 5.82. The lowest BCUT2D eigenvalue weighted by molar-refractivity contribution is 0.245. The van der Waals surface area contributed by atoms with E-state index in [-0.39, 0.29) is 21.9 Å². The minimum Gasteiger partial charge on any atom is -0.450 e. The van der Waals surface area contributed by atoms with Gasteiger partial charge in [-0.15, -0.1) is 0 Å². The number of aliphatic hydroxyl groups excluding tert-OH is 1. The average Bonchev–Trinajstić information content (AvgIpc) is 3.09. The van der Waals surface area contributed by atoms with E-state index in [1.165, 1.54) is 18.9 Å². The lowest BCUT2D eigenvalue weighted by Gasteiger charge is -2.11. The Hall–Kier alpha value is -0.370. The first-order chi connectivity index (χ1) is 8.44. The number of rotatable bonds is 6. The molecule has 1 aromatic heterocycles. The predicted molar refractivity (Wildman–Crippen MR) is 69.4 cm³/mol. The SMILES string of the molecule is CC(CNS(=O)(=O)c1cc(CO)oc1Br)C1CC1. The van der Waals surface area contributed by atoms with Crippen molar-refractivity contribution in [3.8, 4) is 0 Å². The molecule has 5 nitrogen and oxygen atoms in total. The predicted octanol–water partition coefficient (Wildman–Crippen LogP) is 1.86. The second kappa shape index (κ2) is 5.32. The van der Waals surface area contributed by atoms with Crippen molar-refractivity contribution >= 4 is 26.0 Å². The molecule has 7 heteroatoms. The Balaban J connectivity index is 2.06. The van der Waals surface area contributed by atoms with Crippen LogP contribution >= 0.6 is 15.9 Å². The van der Waals surface area contributed by atoms with Gasteiger partial charge in [-0.05, 0) is 40.6 Å². The first-order valence-corrected chi connectivity index (χ1v) is 8.10. The van der Waals surface area contributed by atoms with Crippen molar-refractivity contribution in [2.24, 2.45) is 11.8 Å². The van der Waals surface area contributed by atoms with Crippen LogP contribution in [0.4, 0.5) is 0 Å². The molecular weight excluding hydrogens is 322 g/mol. The molecule has 0 aliphatic heterocycles. The molecular formula is C11H16BrNO4S. The van der Waals surface area contributed by atoms with Crippen LogP contribution in [0.1, 0.15) is 25.5 Å². The van der Waals surface area contributed by atoms with Crippen LogP contribution in [0, 0.1) is 11.8 Å². The number of nitrogens with one attached hydrogen (secondary N) is 1. The van der Waals surface area contributed by atoms with Gasteiger partial charge in [0.1, 0.15) is 17.3 Å². The zero-order valence-corrected chi connectivity index (χ0v) is 12.4. The molecule has 18 heavy (non-hydrogen) atoms. The zero-order valence-electron chi connectivity index (χ0n) is 10.0. The summed E-state index contributed by atoms with van der Waals surface area (Å²) in [5.74, 6) is 1.22. The lowest BCUT2D eigenvalue weighted by atomic mass is 10.1. The zero-order chi connectivity index (χ0) is 13.3.